The highest BCUT2D eigenvalue weighted by atomic mass is 16.7. The van der Waals surface area contributed by atoms with E-state index in [2.05, 4.69) is 48.6 Å². The molecule has 0 spiro atoms. The van der Waals surface area contributed by atoms with Crippen molar-refractivity contribution in [2.45, 2.75) is 251 Å². The average Bonchev–Trinajstić information content (AvgIpc) is 1.60. The highest BCUT2D eigenvalue weighted by Crippen LogP contribution is 2.46. The van der Waals surface area contributed by atoms with Crippen LogP contribution in [0.25, 0.3) is 34.0 Å². The Morgan fingerprint density at radius 2 is 0.973 bits per heavy atom. The Bertz CT molecular complexity index is 5760. The van der Waals surface area contributed by atoms with Crippen LogP contribution in [0.3, 0.4) is 0 Å². The average molecular weight is 2060 g/mol. The molecule has 0 saturated carbocycles. The van der Waals surface area contributed by atoms with E-state index < -0.39 is 167 Å². The number of imidazole rings is 1. The molecular formula is C115H158N12O22. The van der Waals surface area contributed by atoms with Crippen molar-refractivity contribution in [2.24, 2.45) is 47.2 Å². The number of ketones is 4. The second kappa shape index (κ2) is 52.8. The monoisotopic (exact) mass is 2060 g/mol. The van der Waals surface area contributed by atoms with Crippen LogP contribution in [0.1, 0.15) is 181 Å². The lowest BCUT2D eigenvalue weighted by molar-refractivity contribution is -0.296. The van der Waals surface area contributed by atoms with Crippen LogP contribution in [0.5, 0.6) is 0 Å². The Kier molecular flexibility index (Phi) is 41.3. The quantitative estimate of drug-likeness (QED) is 0.0299. The lowest BCUT2D eigenvalue weighted by atomic mass is 9.73. The molecule has 1 amide bonds. The van der Waals surface area contributed by atoms with E-state index in [0.29, 0.717) is 37.1 Å². The van der Waals surface area contributed by atoms with E-state index >= 15 is 9.59 Å². The molecule has 34 heteroatoms. The molecule has 2 N–H and O–H groups in total. The van der Waals surface area contributed by atoms with E-state index in [9.17, 15) is 38.4 Å². The van der Waals surface area contributed by atoms with Gasteiger partial charge in [-0.15, -0.1) is 0 Å². The third-order valence-corrected chi connectivity index (χ3v) is 30.5. The number of carbonyl (C=O) groups is 10. The Labute approximate surface area is 878 Å². The van der Waals surface area contributed by atoms with Crippen LogP contribution < -0.4 is 5.73 Å². The predicted molar refractivity (Wildman–Crippen MR) is 566 cm³/mol. The van der Waals surface area contributed by atoms with Crippen LogP contribution in [0.4, 0.5) is 9.59 Å². The number of Topliss-reactive ketones (excluding diaryl/α,β-unsaturated/α-hetero) is 4. The fraction of sp³-hybridized carbons (Fsp3) is 0.574. The van der Waals surface area contributed by atoms with Crippen molar-refractivity contribution in [3.63, 3.8) is 0 Å². The zero-order valence-electron chi connectivity index (χ0n) is 91.0. The summed E-state index contributed by atoms with van der Waals surface area (Å²) in [6, 6.07) is 35.4. The second-order valence-electron chi connectivity index (χ2n) is 42.6. The Morgan fingerprint density at radius 3 is 1.41 bits per heavy atom. The van der Waals surface area contributed by atoms with Gasteiger partial charge in [-0.2, -0.15) is 0 Å². The summed E-state index contributed by atoms with van der Waals surface area (Å²) in [5.74, 6) is -11.5. The van der Waals surface area contributed by atoms with Gasteiger partial charge in [-0.1, -0.05) is 146 Å². The third kappa shape index (κ3) is 29.4. The first-order valence-electron chi connectivity index (χ1n) is 52.7. The molecule has 0 unspecified atom stereocenters. The number of carbonyl (C=O) groups excluding carboxylic acids is 10. The van der Waals surface area contributed by atoms with Gasteiger partial charge in [0.15, 0.2) is 53.3 Å². The summed E-state index contributed by atoms with van der Waals surface area (Å²) in [6.07, 6.45) is 7.02. The van der Waals surface area contributed by atoms with E-state index in [0.717, 1.165) is 76.8 Å². The number of cyclic esters (lactones) is 2. The number of piperazine rings is 2. The number of ether oxygens (including phenoxy) is 12. The van der Waals surface area contributed by atoms with Gasteiger partial charge in [0.25, 0.3) is 0 Å². The molecule has 7 aliphatic rings. The van der Waals surface area contributed by atoms with Crippen LogP contribution in [0, 0.1) is 41.4 Å². The number of esters is 4. The van der Waals surface area contributed by atoms with Gasteiger partial charge >= 0.3 is 36.1 Å². The number of benzene rings is 4. The number of rotatable bonds is 26. The number of hydrogen-bond acceptors (Lipinski definition) is 32. The van der Waals surface area contributed by atoms with Crippen LogP contribution in [-0.2, 0) is 85.6 Å². The lowest BCUT2D eigenvalue weighted by Crippen LogP contribution is -2.61. The summed E-state index contributed by atoms with van der Waals surface area (Å²) in [4.78, 5) is 172. The maximum atomic E-state index is 15.3. The summed E-state index contributed by atoms with van der Waals surface area (Å²) in [6.45, 7) is 38.6. The van der Waals surface area contributed by atoms with Crippen molar-refractivity contribution in [1.29, 1.82) is 0 Å². The van der Waals surface area contributed by atoms with Gasteiger partial charge in [-0.25, -0.2) is 28.7 Å². The van der Waals surface area contributed by atoms with Crippen LogP contribution in [0.2, 0.25) is 0 Å². The summed E-state index contributed by atoms with van der Waals surface area (Å²) in [5, 5.41) is 1.94. The van der Waals surface area contributed by atoms with Gasteiger partial charge in [-0.3, -0.25) is 53.4 Å². The molecular weight excluding hydrogens is 1900 g/mol. The third-order valence-electron chi connectivity index (χ3n) is 30.5. The van der Waals surface area contributed by atoms with Gasteiger partial charge in [-0.05, 0) is 214 Å². The van der Waals surface area contributed by atoms with Gasteiger partial charge in [0.05, 0.1) is 89.1 Å². The maximum Gasteiger partial charge on any atom is 0.420 e. The molecule has 34 nitrogen and oxygen atoms in total. The molecule has 0 radical (unpaired) electrons. The first-order valence-corrected chi connectivity index (χ1v) is 52.7. The molecule has 7 aliphatic heterocycles. The molecule has 149 heavy (non-hydrogen) atoms. The molecule has 6 saturated heterocycles. The minimum atomic E-state index is -1.65. The van der Waals surface area contributed by atoms with Crippen molar-refractivity contribution in [1.82, 2.24) is 53.8 Å². The van der Waals surface area contributed by atoms with Gasteiger partial charge in [0, 0.05) is 144 Å². The van der Waals surface area contributed by atoms with Crippen molar-refractivity contribution in [2.75, 3.05) is 134 Å². The number of hydrogen-bond donors (Lipinski definition) is 1. The van der Waals surface area contributed by atoms with E-state index in [-0.39, 0.29) is 80.3 Å². The lowest BCUT2D eigenvalue weighted by Gasteiger charge is -2.48. The maximum absolute atomic E-state index is 15.3. The number of aromatic nitrogens is 4. The van der Waals surface area contributed by atoms with Crippen LogP contribution in [0.15, 0.2) is 176 Å². The standard InChI is InChI=1S/C56H77N5O11.C52H64N4O11.C7H17N3/c1-12-45-56(8)49(61(54(66)72-56)29-28-60-26-24-59(11)25-27-60)37(4)46(62)35(2)33-55(7,67-30-18-19-40-32-42-22-16-17-23-43(42)57-34-40)50(38(5)47(63)39(6)51(64)69-45)71-53-48(44(58(9)10)31-36(3)68-53)70-52(65)41-20-14-13-15-21-41;1-11-42-51(7,67-50(61)56-24-23-53-31-56)28-32(2)43(57)33(3)29-52(8,62-25-17-18-37-27-39-21-15-16-22-40(39)54-30-37)46(35(5)44(58)36(6)47(59)64-42)66-49-45(41(55(9)10)26-34(4)63-49)65-48(60)38-19-13-12-14-20-38;1-9-4-6-10(3-2-8)7-5-9/h13-23,32,34-39,44-45,48-50,53H,12,24-31,33H2,1-11H3;12-24,27-28,30-31,33-36,41-42,45-46,49H,11,25-26,29H2,1-10H3;2-8H2,1H3/b19-18+;18-17+,32-28+;/t35-,36-,37+,38+,39-,44+,45-,48-,49-,50-,53+,55-,56-;33-,34-,35+,36-,41+,42-,45-,46-,49+,51+,52-;/m11./s1. The van der Waals surface area contributed by atoms with E-state index in [1.165, 1.54) is 64.8 Å². The minimum absolute atomic E-state index is 0.00650. The topological polar surface area (TPSA) is 374 Å². The highest BCUT2D eigenvalue weighted by molar-refractivity contribution is 6.01. The zero-order valence-corrected chi connectivity index (χ0v) is 91.0. The smallest absolute Gasteiger partial charge is 0.420 e. The number of nitrogens with two attached hydrogens (primary N) is 1. The number of pyridine rings is 2. The van der Waals surface area contributed by atoms with Crippen LogP contribution >= 0.6 is 0 Å². The summed E-state index contributed by atoms with van der Waals surface area (Å²) < 4.78 is 79.5. The molecule has 810 valence electrons. The van der Waals surface area contributed by atoms with Crippen molar-refractivity contribution < 1.29 is 105 Å². The highest BCUT2D eigenvalue weighted by Gasteiger charge is 2.62. The van der Waals surface area contributed by atoms with E-state index in [4.69, 9.17) is 62.6 Å². The molecule has 24 atom stereocenters. The van der Waals surface area contributed by atoms with Gasteiger partial charge in [0.2, 0.25) is 0 Å². The van der Waals surface area contributed by atoms with E-state index in [1.807, 2.05) is 171 Å². The van der Waals surface area contributed by atoms with Crippen molar-refractivity contribution in [3.05, 3.63) is 198 Å². The van der Waals surface area contributed by atoms with Crippen molar-refractivity contribution in [3.8, 4) is 0 Å². The first-order chi connectivity index (χ1) is 70.9. The summed E-state index contributed by atoms with van der Waals surface area (Å²) in [7, 11) is 11.8. The number of likely N-dealkylation sites (N-methyl/N-ethyl adjacent to an activating group) is 4. The van der Waals surface area contributed by atoms with Gasteiger partial charge in [0.1, 0.15) is 36.2 Å². The normalized spacial score (nSPS) is 31.8. The number of allylic oxidation sites excluding steroid dienone is 1. The SMILES string of the molecule is CC[C@H]1OC(=O)[C@H](C)C(=O)[C@H](C)[C@@H](O[C@@H]2O[C@H](C)C[C@H](N(C)C)[C@H]2OC(=O)c2ccccc2)[C@](C)(OC/C=C/c2cnc3ccccc3c2)C[C@@H](C)C(=O)/C(C)=C/[C@]1(C)OC(=O)n1ccnc1.CC[C@H]1OC(=O)[C@H](C)C(=O)[C@H](C)[C@@H](O[C@@H]2O[C@H](C)C[C@H](N(C)C)[C@H]2OC(=O)c2ccccc2)[C@](C)(OC/C=C/c2cnc3ccccc3c2)C[C@@H](C)C(=O)[C@H](C)[C@H]2N(CCN3CCN(C)CC3)C(=O)O[C@]12C.CN1CCN(CCN)CC1. The Balaban J connectivity index is 0.000000242. The minimum Gasteiger partial charge on any atom is -0.458 e. The van der Waals surface area contributed by atoms with E-state index in [1.54, 1.807) is 127 Å². The number of para-hydroxylation sites is 2. The molecule has 6 fully saturated rings. The molecule has 7 aromatic rings. The second-order valence-corrected chi connectivity index (χ2v) is 42.6. The largest absolute Gasteiger partial charge is 0.458 e. The predicted octanol–water partition coefficient (Wildman–Crippen LogP) is 14.2. The number of fused-ring (bicyclic) bond motifs is 3. The van der Waals surface area contributed by atoms with Crippen LogP contribution in [-0.4, -0.2) is 349 Å². The molecule has 0 aliphatic carbocycles. The molecule has 3 aromatic heterocycles. The molecule has 14 rings (SSSR count). The Morgan fingerprint density at radius 1 is 0.537 bits per heavy atom. The fourth-order valence-electron chi connectivity index (χ4n) is 21.9. The summed E-state index contributed by atoms with van der Waals surface area (Å²) in [5.41, 5.74) is 3.76. The van der Waals surface area contributed by atoms with Gasteiger partial charge < -0.3 is 82.2 Å². The molecule has 0 bridgehead atoms. The zero-order chi connectivity index (χ0) is 108. The summed E-state index contributed by atoms with van der Waals surface area (Å²) >= 11 is 0. The molecule has 4 aromatic carbocycles. The number of nitrogens with zero attached hydrogens (tertiary/aromatic N) is 11. The Hall–Kier alpha value is -11.1. The molecule has 10 heterocycles. The fourth-order valence-corrected chi connectivity index (χ4v) is 21.9. The number of amides is 1. The first kappa shape index (κ1) is 117. The van der Waals surface area contributed by atoms with Crippen molar-refractivity contribution >= 4 is 93.2 Å².